The number of nitrogens with zero attached hydrogens (tertiary/aromatic N) is 5. The molecule has 1 aliphatic rings. The van der Waals surface area contributed by atoms with Crippen molar-refractivity contribution in [2.45, 2.75) is 37.9 Å². The lowest BCUT2D eigenvalue weighted by atomic mass is 9.83. The van der Waals surface area contributed by atoms with E-state index >= 15 is 0 Å². The molecule has 10 heteroatoms. The molecule has 164 valence electrons. The minimum Gasteiger partial charge on any atom is -0.336 e. The van der Waals surface area contributed by atoms with Gasteiger partial charge in [-0.3, -0.25) is 4.98 Å². The number of hydrogen-bond acceptors (Lipinski definition) is 4. The van der Waals surface area contributed by atoms with Crippen molar-refractivity contribution in [3.8, 4) is 22.6 Å². The van der Waals surface area contributed by atoms with Crippen LogP contribution in [0.2, 0.25) is 5.02 Å². The fraction of sp³-hybridized carbons (Fsp3) is 0.273. The van der Waals surface area contributed by atoms with Crippen molar-refractivity contribution < 1.29 is 13.2 Å². The smallest absolute Gasteiger partial charge is 0.336 e. The molecule has 3 heterocycles. The zero-order valence-corrected chi connectivity index (χ0v) is 17.5. The number of rotatable bonds is 4. The van der Waals surface area contributed by atoms with Crippen LogP contribution in [-0.2, 0) is 19.1 Å². The molecule has 3 aromatic heterocycles. The molecule has 0 aliphatic heterocycles. The van der Waals surface area contributed by atoms with Crippen LogP contribution in [0.5, 0.6) is 0 Å². The number of fused-ring (bicyclic) bond motifs is 1. The van der Waals surface area contributed by atoms with Crippen molar-refractivity contribution in [1.82, 2.24) is 29.9 Å². The summed E-state index contributed by atoms with van der Waals surface area (Å²) in [4.78, 5) is 8.71. The van der Waals surface area contributed by atoms with Crippen molar-refractivity contribution in [3.05, 3.63) is 70.9 Å². The number of nitrogens with one attached hydrogen (secondary N) is 1. The maximum atomic E-state index is 13.2. The molecule has 0 spiro atoms. The van der Waals surface area contributed by atoms with Gasteiger partial charge in [0.2, 0.25) is 0 Å². The normalized spacial score (nSPS) is 16.2. The molecule has 1 aromatic carbocycles. The largest absolute Gasteiger partial charge is 0.437 e. The van der Waals surface area contributed by atoms with E-state index in [-0.39, 0.29) is 11.3 Å². The van der Waals surface area contributed by atoms with Gasteiger partial charge in [-0.05, 0) is 48.6 Å². The van der Waals surface area contributed by atoms with Gasteiger partial charge in [-0.2, -0.15) is 28.6 Å². The highest BCUT2D eigenvalue weighted by molar-refractivity contribution is 6.31. The number of halogens is 4. The van der Waals surface area contributed by atoms with Crippen LogP contribution in [0, 0.1) is 0 Å². The standard InChI is InChI=1S/C22H18ClF3N6/c23-17-6-2-4-15-14(3-1-5-16(15)17)10-32-11-19(28-12-32)18-9-13(7-8-27-18)20-21(22(24,25)26)30-31-29-20/h2,4,6-9,11-12,14H,1,3,5,10H2,(H,29,30,31)/t14-/m1/s1. The molecule has 1 aliphatic carbocycles. The molecule has 1 N–H and O–H groups in total. The average Bonchev–Trinajstić information content (AvgIpc) is 3.44. The number of aromatic nitrogens is 6. The van der Waals surface area contributed by atoms with E-state index in [2.05, 4.69) is 31.4 Å². The summed E-state index contributed by atoms with van der Waals surface area (Å²) in [5.41, 5.74) is 2.46. The number of pyridine rings is 1. The lowest BCUT2D eigenvalue weighted by Gasteiger charge is -2.26. The Morgan fingerprint density at radius 2 is 2.00 bits per heavy atom. The maximum Gasteiger partial charge on any atom is 0.437 e. The van der Waals surface area contributed by atoms with Crippen molar-refractivity contribution >= 4 is 11.6 Å². The van der Waals surface area contributed by atoms with Gasteiger partial charge in [0, 0.05) is 35.4 Å². The molecule has 5 rings (SSSR count). The number of aromatic amines is 1. The Morgan fingerprint density at radius 3 is 2.84 bits per heavy atom. The van der Waals surface area contributed by atoms with Gasteiger partial charge in [0.05, 0.1) is 12.0 Å². The molecule has 32 heavy (non-hydrogen) atoms. The third-order valence-electron chi connectivity index (χ3n) is 5.75. The van der Waals surface area contributed by atoms with E-state index in [0.29, 0.717) is 17.3 Å². The third kappa shape index (κ3) is 3.88. The van der Waals surface area contributed by atoms with Crippen LogP contribution in [0.25, 0.3) is 22.6 Å². The second-order valence-electron chi connectivity index (χ2n) is 7.80. The topological polar surface area (TPSA) is 72.3 Å². The zero-order valence-electron chi connectivity index (χ0n) is 16.8. The number of alkyl halides is 3. The highest BCUT2D eigenvalue weighted by Crippen LogP contribution is 2.37. The second kappa shape index (κ2) is 8.05. The fourth-order valence-electron chi connectivity index (χ4n) is 4.29. The van der Waals surface area contributed by atoms with Gasteiger partial charge < -0.3 is 4.57 Å². The van der Waals surface area contributed by atoms with Crippen LogP contribution in [-0.4, -0.2) is 29.9 Å². The van der Waals surface area contributed by atoms with E-state index in [4.69, 9.17) is 11.6 Å². The molecule has 4 aromatic rings. The fourth-order valence-corrected chi connectivity index (χ4v) is 4.56. The molecule has 0 saturated heterocycles. The Labute approximate surface area is 186 Å². The predicted molar refractivity (Wildman–Crippen MR) is 113 cm³/mol. The highest BCUT2D eigenvalue weighted by Gasteiger charge is 2.38. The van der Waals surface area contributed by atoms with E-state index in [1.807, 2.05) is 22.9 Å². The van der Waals surface area contributed by atoms with Crippen molar-refractivity contribution in [2.75, 3.05) is 0 Å². The van der Waals surface area contributed by atoms with Crippen molar-refractivity contribution in [1.29, 1.82) is 0 Å². The number of H-pyrrole nitrogens is 1. The Kier molecular flexibility index (Phi) is 5.21. The summed E-state index contributed by atoms with van der Waals surface area (Å²) in [6, 6.07) is 9.04. The number of benzene rings is 1. The highest BCUT2D eigenvalue weighted by atomic mass is 35.5. The van der Waals surface area contributed by atoms with Crippen molar-refractivity contribution in [3.63, 3.8) is 0 Å². The summed E-state index contributed by atoms with van der Waals surface area (Å²) in [5.74, 6) is 0.322. The van der Waals surface area contributed by atoms with Crippen LogP contribution in [0.3, 0.4) is 0 Å². The summed E-state index contributed by atoms with van der Waals surface area (Å²) >= 11 is 6.38. The Morgan fingerprint density at radius 1 is 1.12 bits per heavy atom. The first-order valence-corrected chi connectivity index (χ1v) is 10.5. The van der Waals surface area contributed by atoms with Gasteiger partial charge in [0.1, 0.15) is 11.4 Å². The van der Waals surface area contributed by atoms with E-state index in [9.17, 15) is 13.2 Å². The minimum absolute atomic E-state index is 0.265. The van der Waals surface area contributed by atoms with Gasteiger partial charge in [-0.15, -0.1) is 0 Å². The quantitative estimate of drug-likeness (QED) is 0.437. The van der Waals surface area contributed by atoms with Crippen LogP contribution < -0.4 is 0 Å². The molecule has 6 nitrogen and oxygen atoms in total. The first kappa shape index (κ1) is 20.7. The lowest BCUT2D eigenvalue weighted by molar-refractivity contribution is -0.140. The average molecular weight is 459 g/mol. The summed E-state index contributed by atoms with van der Waals surface area (Å²) < 4.78 is 41.5. The molecule has 0 fully saturated rings. The third-order valence-corrected chi connectivity index (χ3v) is 6.11. The van der Waals surface area contributed by atoms with Gasteiger partial charge >= 0.3 is 6.18 Å². The summed E-state index contributed by atoms with van der Waals surface area (Å²) in [7, 11) is 0. The second-order valence-corrected chi connectivity index (χ2v) is 8.21. The predicted octanol–water partition coefficient (Wildman–Crippen LogP) is 5.52. The molecule has 0 unspecified atom stereocenters. The Hall–Kier alpha value is -3.20. The maximum absolute atomic E-state index is 13.2. The van der Waals surface area contributed by atoms with E-state index in [0.717, 1.165) is 30.8 Å². The van der Waals surface area contributed by atoms with Gasteiger partial charge in [0.25, 0.3) is 0 Å². The van der Waals surface area contributed by atoms with Crippen LogP contribution in [0.4, 0.5) is 13.2 Å². The van der Waals surface area contributed by atoms with E-state index in [1.54, 1.807) is 6.33 Å². The summed E-state index contributed by atoms with van der Waals surface area (Å²) in [6.07, 6.45) is 3.54. The van der Waals surface area contributed by atoms with E-state index in [1.165, 1.54) is 29.5 Å². The van der Waals surface area contributed by atoms with Crippen LogP contribution in [0.15, 0.2) is 49.1 Å². The first-order chi connectivity index (χ1) is 15.4. The molecule has 1 atom stereocenters. The summed E-state index contributed by atoms with van der Waals surface area (Å²) in [5, 5.41) is 9.79. The Bertz CT molecular complexity index is 1260. The minimum atomic E-state index is -4.60. The molecule has 0 amide bonds. The zero-order chi connectivity index (χ0) is 22.3. The molecule has 0 bridgehead atoms. The molecular weight excluding hydrogens is 441 g/mol. The number of hydrogen-bond donors (Lipinski definition) is 1. The van der Waals surface area contributed by atoms with Crippen LogP contribution in [0.1, 0.15) is 35.6 Å². The summed E-state index contributed by atoms with van der Waals surface area (Å²) in [6.45, 7) is 0.738. The van der Waals surface area contributed by atoms with Crippen LogP contribution >= 0.6 is 11.6 Å². The van der Waals surface area contributed by atoms with Gasteiger partial charge in [-0.25, -0.2) is 4.98 Å². The Balaban J connectivity index is 1.41. The molecular formula is C22H18ClF3N6. The van der Waals surface area contributed by atoms with E-state index < -0.39 is 11.9 Å². The molecule has 0 saturated carbocycles. The first-order valence-electron chi connectivity index (χ1n) is 10.1. The van der Waals surface area contributed by atoms with Gasteiger partial charge in [0.15, 0.2) is 5.69 Å². The lowest BCUT2D eigenvalue weighted by Crippen LogP contribution is -2.15. The van der Waals surface area contributed by atoms with Gasteiger partial charge in [-0.1, -0.05) is 23.7 Å². The number of imidazole rings is 1. The monoisotopic (exact) mass is 458 g/mol. The SMILES string of the molecule is FC(F)(F)c1n[nH]nc1-c1ccnc(-c2cn(C[C@H]3CCCc4c(Cl)cccc43)cn2)c1. The van der Waals surface area contributed by atoms with Crippen molar-refractivity contribution in [2.24, 2.45) is 0 Å². The molecule has 0 radical (unpaired) electrons.